The molecule has 304 valence electrons. The van der Waals surface area contributed by atoms with Gasteiger partial charge in [0.05, 0.1) is 16.7 Å². The van der Waals surface area contributed by atoms with Crippen molar-refractivity contribution in [3.63, 3.8) is 0 Å². The molecule has 0 bridgehead atoms. The first-order valence-electron chi connectivity index (χ1n) is 20.3. The number of hydrogen-bond acceptors (Lipinski definition) is 2. The average molecular weight is 820 g/mol. The van der Waals surface area contributed by atoms with Crippen molar-refractivity contribution >= 4 is 79.0 Å². The third-order valence-electron chi connectivity index (χ3n) is 12.3. The van der Waals surface area contributed by atoms with Crippen LogP contribution in [0.15, 0.2) is 115 Å². The molecule has 0 radical (unpaired) electrons. The number of halogens is 6. The molecule has 0 amide bonds. The van der Waals surface area contributed by atoms with Crippen LogP contribution in [0, 0.1) is 41.8 Å². The molecule has 2 aliphatic heterocycles. The highest BCUT2D eigenvalue weighted by Gasteiger charge is 2.46. The van der Waals surface area contributed by atoms with Crippen molar-refractivity contribution in [2.24, 2.45) is 0 Å². The van der Waals surface area contributed by atoms with Gasteiger partial charge in [-0.2, -0.15) is 0 Å². The fourth-order valence-corrected chi connectivity index (χ4v) is 9.39. The van der Waals surface area contributed by atoms with Crippen LogP contribution in [0.25, 0.3) is 27.5 Å². The largest absolute Gasteiger partial charge is 0.309 e. The summed E-state index contributed by atoms with van der Waals surface area (Å²) in [6, 6.07) is 31.9. The van der Waals surface area contributed by atoms with Crippen LogP contribution in [0.4, 0.5) is 60.5 Å². The third-order valence-corrected chi connectivity index (χ3v) is 12.3. The molecule has 0 atom stereocenters. The van der Waals surface area contributed by atoms with Gasteiger partial charge < -0.3 is 14.4 Å². The van der Waals surface area contributed by atoms with Crippen molar-refractivity contribution in [3.8, 4) is 5.69 Å². The first kappa shape index (κ1) is 38.8. The molecule has 10 heteroatoms. The molecular weight excluding hydrogens is 779 g/mol. The molecule has 61 heavy (non-hydrogen) atoms. The Kier molecular flexibility index (Phi) is 8.45. The van der Waals surface area contributed by atoms with E-state index in [2.05, 4.69) is 41.5 Å². The monoisotopic (exact) mass is 819 g/mol. The van der Waals surface area contributed by atoms with Crippen molar-refractivity contribution in [2.75, 3.05) is 9.80 Å². The zero-order chi connectivity index (χ0) is 43.0. The number of aryl methyl sites for hydroxylation is 1. The highest BCUT2D eigenvalue weighted by atomic mass is 19.2. The molecule has 7 aromatic carbocycles. The van der Waals surface area contributed by atoms with E-state index >= 15 is 17.6 Å². The predicted molar refractivity (Wildman–Crippen MR) is 237 cm³/mol. The first-order chi connectivity index (χ1) is 28.9. The highest BCUT2D eigenvalue weighted by Crippen LogP contribution is 2.49. The fraction of sp³-hybridized carbons (Fsp3) is 0.176. The van der Waals surface area contributed by atoms with Crippen molar-refractivity contribution in [2.45, 2.75) is 59.3 Å². The standard InChI is InChI=1S/C51H40BF6N3/c1-27-12-15-34-33-10-8-9-11-41(33)59(44(34)18-27)32-25-45-47-46(26-32)61(49-39(57)23-31(54)24-40(49)58)43-17-14-29(51(5,6)7)20-36(43)52(47)35-19-28(50(2,3)4)13-16-42(35)60(45)48-37(55)21-30(53)22-38(48)56/h8-26H,1-7H3. The maximum atomic E-state index is 16.5. The SMILES string of the molecule is Cc1ccc2c3ccccc3n(-c3cc4c5c(c3)N(c3c(F)cc(F)cc3F)c3ccc(C(C)(C)C)cc3B5c3cc(C(C)(C)C)ccc3N4c3c(F)cc(F)cc3F)c2c1. The van der Waals surface area contributed by atoms with E-state index in [0.29, 0.717) is 69.1 Å². The Bertz CT molecular complexity index is 2980. The number of rotatable bonds is 3. The lowest BCUT2D eigenvalue weighted by atomic mass is 9.33. The van der Waals surface area contributed by atoms with Crippen LogP contribution in [-0.4, -0.2) is 11.3 Å². The minimum atomic E-state index is -1.13. The first-order valence-corrected chi connectivity index (χ1v) is 20.3. The summed E-state index contributed by atoms with van der Waals surface area (Å²) in [5.74, 6) is -6.69. The van der Waals surface area contributed by atoms with Gasteiger partial charge in [-0.1, -0.05) is 96.1 Å². The van der Waals surface area contributed by atoms with E-state index in [9.17, 15) is 8.78 Å². The van der Waals surface area contributed by atoms with Gasteiger partial charge in [-0.05, 0) is 87.2 Å². The topological polar surface area (TPSA) is 11.4 Å². The number of benzene rings is 7. The molecular formula is C51H40BF6N3. The summed E-state index contributed by atoms with van der Waals surface area (Å²) in [4.78, 5) is 2.94. The van der Waals surface area contributed by atoms with E-state index in [1.54, 1.807) is 0 Å². The summed E-state index contributed by atoms with van der Waals surface area (Å²) in [5.41, 5.74) is 6.74. The normalized spacial score (nSPS) is 13.6. The maximum Gasteiger partial charge on any atom is 0.252 e. The van der Waals surface area contributed by atoms with Gasteiger partial charge in [-0.3, -0.25) is 0 Å². The van der Waals surface area contributed by atoms with Crippen LogP contribution in [0.1, 0.15) is 58.2 Å². The predicted octanol–water partition coefficient (Wildman–Crippen LogP) is 12.6. The summed E-state index contributed by atoms with van der Waals surface area (Å²) in [6.45, 7) is 13.8. The maximum absolute atomic E-state index is 16.5. The molecule has 0 spiro atoms. The van der Waals surface area contributed by atoms with E-state index in [4.69, 9.17) is 0 Å². The average Bonchev–Trinajstić information content (AvgIpc) is 3.50. The second kappa shape index (κ2) is 13.3. The van der Waals surface area contributed by atoms with E-state index in [1.807, 2.05) is 102 Å². The number of para-hydroxylation sites is 1. The van der Waals surface area contributed by atoms with Crippen molar-refractivity contribution in [1.82, 2.24) is 4.57 Å². The van der Waals surface area contributed by atoms with Crippen LogP contribution < -0.4 is 26.2 Å². The number of anilines is 6. The minimum Gasteiger partial charge on any atom is -0.309 e. The molecule has 0 saturated heterocycles. The minimum absolute atomic E-state index is 0.316. The van der Waals surface area contributed by atoms with Gasteiger partial charge in [-0.25, -0.2) is 26.3 Å². The molecule has 0 saturated carbocycles. The van der Waals surface area contributed by atoms with E-state index in [0.717, 1.165) is 38.5 Å². The van der Waals surface area contributed by atoms with Crippen LogP contribution >= 0.6 is 0 Å². The Labute approximate surface area is 350 Å². The van der Waals surface area contributed by atoms with Gasteiger partial charge in [0.15, 0.2) is 23.3 Å². The fourth-order valence-electron chi connectivity index (χ4n) is 9.39. The Morgan fingerprint density at radius 3 is 1.39 bits per heavy atom. The lowest BCUT2D eigenvalue weighted by Crippen LogP contribution is -2.62. The Hall–Kier alpha value is -6.42. The zero-order valence-corrected chi connectivity index (χ0v) is 34.7. The van der Waals surface area contributed by atoms with Crippen LogP contribution in [-0.2, 0) is 10.8 Å². The lowest BCUT2D eigenvalue weighted by molar-refractivity contribution is 0.545. The van der Waals surface area contributed by atoms with Crippen molar-refractivity contribution < 1.29 is 26.3 Å². The van der Waals surface area contributed by atoms with Gasteiger partial charge in [0.2, 0.25) is 0 Å². The summed E-state index contributed by atoms with van der Waals surface area (Å²) >= 11 is 0. The summed E-state index contributed by atoms with van der Waals surface area (Å²) in [7, 11) is 0. The van der Waals surface area contributed by atoms with Gasteiger partial charge in [0.25, 0.3) is 6.71 Å². The van der Waals surface area contributed by atoms with Crippen LogP contribution in [0.3, 0.4) is 0 Å². The highest BCUT2D eigenvalue weighted by molar-refractivity contribution is 7.00. The molecule has 0 unspecified atom stereocenters. The molecule has 2 aliphatic rings. The van der Waals surface area contributed by atoms with Gasteiger partial charge >= 0.3 is 0 Å². The smallest absolute Gasteiger partial charge is 0.252 e. The molecule has 10 rings (SSSR count). The number of fused-ring (bicyclic) bond motifs is 7. The van der Waals surface area contributed by atoms with Gasteiger partial charge in [-0.15, -0.1) is 0 Å². The second-order valence-corrected chi connectivity index (χ2v) is 18.4. The van der Waals surface area contributed by atoms with Gasteiger partial charge in [0.1, 0.15) is 23.0 Å². The van der Waals surface area contributed by atoms with Crippen molar-refractivity contribution in [3.05, 3.63) is 167 Å². The summed E-state index contributed by atoms with van der Waals surface area (Å²) < 4.78 is 97.6. The molecule has 0 fully saturated rings. The summed E-state index contributed by atoms with van der Waals surface area (Å²) in [5, 5.41) is 1.90. The molecule has 1 aromatic heterocycles. The zero-order valence-electron chi connectivity index (χ0n) is 34.7. The van der Waals surface area contributed by atoms with Crippen LogP contribution in [0.2, 0.25) is 0 Å². The lowest BCUT2D eigenvalue weighted by Gasteiger charge is -2.45. The molecule has 8 aromatic rings. The quantitative estimate of drug-likeness (QED) is 0.130. The van der Waals surface area contributed by atoms with E-state index in [-0.39, 0.29) is 10.8 Å². The Morgan fingerprint density at radius 2 is 0.918 bits per heavy atom. The number of nitrogens with zero attached hydrogens (tertiary/aromatic N) is 3. The number of aromatic nitrogens is 1. The van der Waals surface area contributed by atoms with Crippen molar-refractivity contribution in [1.29, 1.82) is 0 Å². The third kappa shape index (κ3) is 5.89. The van der Waals surface area contributed by atoms with Crippen LogP contribution in [0.5, 0.6) is 0 Å². The number of hydrogen-bond donors (Lipinski definition) is 0. The molecule has 3 nitrogen and oxygen atoms in total. The van der Waals surface area contributed by atoms with E-state index in [1.165, 1.54) is 9.80 Å². The van der Waals surface area contributed by atoms with E-state index < -0.39 is 53.0 Å². The summed E-state index contributed by atoms with van der Waals surface area (Å²) in [6.07, 6.45) is 0. The van der Waals surface area contributed by atoms with Gasteiger partial charge in [0, 0.05) is 57.8 Å². The molecule has 0 N–H and O–H groups in total. The molecule has 3 heterocycles. The second-order valence-electron chi connectivity index (χ2n) is 18.4. The Morgan fingerprint density at radius 1 is 0.459 bits per heavy atom. The molecule has 0 aliphatic carbocycles. The Balaban J connectivity index is 1.43.